The van der Waals surface area contributed by atoms with Gasteiger partial charge in [0, 0.05) is 49.7 Å². The fourth-order valence-corrected chi connectivity index (χ4v) is 17.4. The Bertz CT molecular complexity index is 2570. The first-order valence-corrected chi connectivity index (χ1v) is 32.1. The summed E-state index contributed by atoms with van der Waals surface area (Å²) in [6, 6.07) is -0.0428. The Balaban J connectivity index is 0.0000141. The van der Waals surface area contributed by atoms with Crippen LogP contribution >= 0.6 is 11.8 Å². The number of unbranched alkanes of at least 4 members (excludes halogenated alkanes) is 1. The summed E-state index contributed by atoms with van der Waals surface area (Å²) in [6.07, 6.45) is 2.07. The lowest BCUT2D eigenvalue weighted by molar-refractivity contribution is -0.413. The van der Waals surface area contributed by atoms with Crippen molar-refractivity contribution < 1.29 is 104 Å². The van der Waals surface area contributed by atoms with Gasteiger partial charge in [-0.3, -0.25) is 9.59 Å². The molecular formula is C63H115N3O21S. The molecule has 6 fully saturated rings. The van der Waals surface area contributed by atoms with Crippen LogP contribution in [0.2, 0.25) is 0 Å². The van der Waals surface area contributed by atoms with E-state index in [1.807, 2.05) is 13.8 Å². The van der Waals surface area contributed by atoms with Crippen LogP contribution in [0.15, 0.2) is 0 Å². The standard InChI is InChI=1S/C63H113N3O20S.H2O/c1-38-47(7,55(15,66-39(2)69)63(23,85-48(38,8)31-67)82-42(70)27-25-24-26-41-43-40(30-87-41)64-44(71)65-43)33-79-29-28-51(11)59(19,75)57(17,73)49(9,45(3,4)83-51)34-80-36-53(13)50(10,58(18,74)60(20,76)52(12,32-68)86-53)35-81-37-54(14)61(21,77)62(22,78)56(16,72)46(5,6)84-54;/h38,40-41,43,67-68,72-78H,24-37H2,1-23H3,(H,66,69)(H2,64,65,71);1H2/t38-,40+,41?,43+,47-,48?,49-,50?,51-,52?,53+,54+,55?,56-,57+,58+,59?,60-,61?,62+,63-;/m1./s1. The molecule has 25 heteroatoms. The third-order valence-corrected chi connectivity index (χ3v) is 27.0. The number of thioether (sulfide) groups is 1. The number of urea groups is 1. The molecule has 0 saturated carbocycles. The van der Waals surface area contributed by atoms with Crippen LogP contribution < -0.4 is 16.0 Å². The van der Waals surface area contributed by atoms with E-state index in [0.717, 1.165) is 12.2 Å². The van der Waals surface area contributed by atoms with Gasteiger partial charge in [-0.05, 0) is 136 Å². The average Bonchev–Trinajstić information content (AvgIpc) is 0.785. The van der Waals surface area contributed by atoms with E-state index in [0.29, 0.717) is 12.8 Å². The maximum Gasteiger partial charge on any atom is 0.315 e. The molecule has 6 saturated heterocycles. The lowest BCUT2D eigenvalue weighted by Gasteiger charge is -2.68. The fourth-order valence-electron chi connectivity index (χ4n) is 15.9. The highest BCUT2D eigenvalue weighted by Crippen LogP contribution is 2.63. The van der Waals surface area contributed by atoms with Gasteiger partial charge in [0.25, 0.3) is 0 Å². The Labute approximate surface area is 526 Å². The zero-order valence-corrected chi connectivity index (χ0v) is 57.9. The van der Waals surface area contributed by atoms with E-state index < -0.39 is 144 Å². The SMILES string of the molecule is CC(=O)NC1(C)[C@](C)(OC(=O)CCCCC2SC[C@@H]3NC(=O)N[C@H]23)OC(C)(CO)[C@H](C)[C@@]1(C)COCC[C@@]1(C)OC(C)(C)[C@@](C)(COC[C@]2(C)OC(C)(CO)[C@@](C)(O)[C@@](C)(O)C2(C)COC[C@]2(C)OC(C)(C)[C@@](C)(O)[C@](C)(O)C2(C)O)[C@](C)(O)C1(C)O.O. The van der Waals surface area contributed by atoms with E-state index in [1.165, 1.54) is 62.3 Å². The van der Waals surface area contributed by atoms with Crippen LogP contribution in [0, 0.1) is 22.2 Å². The predicted octanol–water partition coefficient (Wildman–Crippen LogP) is 2.85. The summed E-state index contributed by atoms with van der Waals surface area (Å²) in [5, 5.41) is 117. The second kappa shape index (κ2) is 23.7. The van der Waals surface area contributed by atoms with E-state index >= 15 is 0 Å². The molecule has 0 aromatic heterocycles. The maximum absolute atomic E-state index is 13.9. The van der Waals surface area contributed by atoms with Crippen molar-refractivity contribution in [1.82, 2.24) is 16.0 Å². The molecule has 3 amide bonds. The van der Waals surface area contributed by atoms with E-state index in [1.54, 1.807) is 94.8 Å². The number of aliphatic hydroxyl groups excluding tert-OH is 2. The number of amides is 3. The normalized spacial score (nSPS) is 50.5. The number of aliphatic hydroxyl groups is 9. The van der Waals surface area contributed by atoms with Crippen LogP contribution in [0.5, 0.6) is 0 Å². The summed E-state index contributed by atoms with van der Waals surface area (Å²) in [5.41, 5.74) is -30.8. The minimum absolute atomic E-state index is 0. The monoisotopic (exact) mass is 1280 g/mol. The van der Waals surface area contributed by atoms with Crippen LogP contribution in [0.3, 0.4) is 0 Å². The van der Waals surface area contributed by atoms with Crippen molar-refractivity contribution in [2.24, 2.45) is 22.2 Å². The highest BCUT2D eigenvalue weighted by Gasteiger charge is 2.78. The first kappa shape index (κ1) is 76.6. The maximum atomic E-state index is 13.9. The van der Waals surface area contributed by atoms with Gasteiger partial charge in [0.15, 0.2) is 0 Å². The molecule has 24 nitrogen and oxygen atoms in total. The van der Waals surface area contributed by atoms with Crippen molar-refractivity contribution >= 4 is 29.7 Å². The molecule has 514 valence electrons. The molecule has 7 unspecified atom stereocenters. The minimum atomic E-state index is -2.15. The predicted molar refractivity (Wildman–Crippen MR) is 328 cm³/mol. The van der Waals surface area contributed by atoms with Crippen LogP contribution in [-0.2, 0) is 47.5 Å². The third-order valence-electron chi connectivity index (χ3n) is 25.5. The van der Waals surface area contributed by atoms with E-state index in [-0.39, 0.29) is 74.7 Å². The molecule has 0 radical (unpaired) electrons. The van der Waals surface area contributed by atoms with Crippen molar-refractivity contribution in [3.05, 3.63) is 0 Å². The quantitative estimate of drug-likeness (QED) is 0.0421. The average molecular weight is 1280 g/mol. The van der Waals surface area contributed by atoms with Gasteiger partial charge in [0.1, 0.15) is 61.5 Å². The number of rotatable bonds is 22. The zero-order chi connectivity index (χ0) is 66.9. The Hall–Kier alpha value is -2.12. The number of esters is 1. The summed E-state index contributed by atoms with van der Waals surface area (Å²) in [7, 11) is 0. The first-order valence-electron chi connectivity index (χ1n) is 31.0. The summed E-state index contributed by atoms with van der Waals surface area (Å²) in [6.45, 7) is 33.7. The van der Waals surface area contributed by atoms with Crippen LogP contribution in [0.25, 0.3) is 0 Å². The molecule has 0 aromatic rings. The number of hydrogen-bond donors (Lipinski definition) is 12. The molecule has 88 heavy (non-hydrogen) atoms. The Morgan fingerprint density at radius 2 is 1.09 bits per heavy atom. The van der Waals surface area contributed by atoms with Gasteiger partial charge in [-0.25, -0.2) is 4.79 Å². The molecule has 6 aliphatic rings. The fraction of sp³-hybridized carbons (Fsp3) is 0.952. The van der Waals surface area contributed by atoms with Crippen molar-refractivity contribution in [2.45, 2.75) is 298 Å². The van der Waals surface area contributed by atoms with Gasteiger partial charge in [0.05, 0.1) is 91.6 Å². The molecule has 6 aliphatic heterocycles. The summed E-state index contributed by atoms with van der Waals surface area (Å²) < 4.78 is 52.9. The largest absolute Gasteiger partial charge is 0.431 e. The van der Waals surface area contributed by atoms with Gasteiger partial charge in [-0.2, -0.15) is 11.8 Å². The van der Waals surface area contributed by atoms with Crippen molar-refractivity contribution in [3.63, 3.8) is 0 Å². The van der Waals surface area contributed by atoms with Gasteiger partial charge in [-0.15, -0.1) is 0 Å². The number of hydrogen-bond acceptors (Lipinski definition) is 21. The van der Waals surface area contributed by atoms with Crippen LogP contribution in [-0.4, -0.2) is 235 Å². The summed E-state index contributed by atoms with van der Waals surface area (Å²) in [5.74, 6) is -2.54. The summed E-state index contributed by atoms with van der Waals surface area (Å²) >= 11 is 1.79. The Kier molecular flexibility index (Phi) is 20.6. The van der Waals surface area contributed by atoms with Crippen LogP contribution in [0.1, 0.15) is 191 Å². The lowest BCUT2D eigenvalue weighted by atomic mass is 9.52. The highest BCUT2D eigenvalue weighted by molar-refractivity contribution is 8.00. The number of fused-ring (bicyclic) bond motifs is 1. The van der Waals surface area contributed by atoms with Gasteiger partial charge in [0.2, 0.25) is 11.7 Å². The van der Waals surface area contributed by atoms with E-state index in [9.17, 15) is 60.3 Å². The molecule has 0 spiro atoms. The Morgan fingerprint density at radius 3 is 1.64 bits per heavy atom. The molecule has 21 atom stereocenters. The lowest BCUT2D eigenvalue weighted by Crippen LogP contribution is -2.84. The van der Waals surface area contributed by atoms with E-state index in [4.69, 9.17) is 37.9 Å². The number of carbonyl (C=O) groups excluding carboxylic acids is 3. The van der Waals surface area contributed by atoms with Crippen molar-refractivity contribution in [1.29, 1.82) is 0 Å². The molecule has 0 bridgehead atoms. The number of ether oxygens (including phenoxy) is 8. The van der Waals surface area contributed by atoms with Gasteiger partial charge < -0.3 is 105 Å². The Morgan fingerprint density at radius 1 is 0.580 bits per heavy atom. The topological polar surface area (TPSA) is 375 Å². The highest BCUT2D eigenvalue weighted by atomic mass is 32.2. The van der Waals surface area contributed by atoms with Gasteiger partial charge in [-0.1, -0.05) is 34.1 Å². The van der Waals surface area contributed by atoms with Crippen LogP contribution in [0.4, 0.5) is 4.79 Å². The molecular weight excluding hydrogens is 1170 g/mol. The second-order valence-electron chi connectivity index (χ2n) is 31.2. The van der Waals surface area contributed by atoms with Crippen molar-refractivity contribution in [2.75, 3.05) is 58.6 Å². The van der Waals surface area contributed by atoms with E-state index in [2.05, 4.69) is 16.0 Å². The summed E-state index contributed by atoms with van der Waals surface area (Å²) in [4.78, 5) is 39.1. The number of nitrogens with one attached hydrogen (secondary N) is 3. The second-order valence-corrected chi connectivity index (χ2v) is 32.4. The third kappa shape index (κ3) is 11.0. The molecule has 6 heterocycles. The van der Waals surface area contributed by atoms with Gasteiger partial charge >= 0.3 is 12.0 Å². The molecule has 14 N–H and O–H groups in total. The molecule has 0 aromatic carbocycles. The molecule has 6 rings (SSSR count). The number of carbonyl (C=O) groups is 3. The zero-order valence-electron chi connectivity index (χ0n) is 57.1. The molecule has 0 aliphatic carbocycles. The smallest absolute Gasteiger partial charge is 0.315 e. The van der Waals surface area contributed by atoms with Crippen molar-refractivity contribution in [3.8, 4) is 0 Å². The minimum Gasteiger partial charge on any atom is -0.431 e. The first-order chi connectivity index (χ1) is 39.0.